The van der Waals surface area contributed by atoms with Gasteiger partial charge in [0.2, 0.25) is 10.0 Å². The van der Waals surface area contributed by atoms with Crippen molar-refractivity contribution in [2.75, 3.05) is 6.54 Å². The van der Waals surface area contributed by atoms with Crippen LogP contribution in [0, 0.1) is 23.4 Å². The lowest BCUT2D eigenvalue weighted by molar-refractivity contribution is 0.191. The zero-order valence-electron chi connectivity index (χ0n) is 12.2. The minimum atomic E-state index is -4.34. The Balaban J connectivity index is 2.41. The summed E-state index contributed by atoms with van der Waals surface area (Å²) in [5.41, 5.74) is 4.86. The molecule has 8 heteroatoms. The molecule has 1 aromatic carbocycles. The smallest absolute Gasteiger partial charge is 0.244 e. The fourth-order valence-electron chi connectivity index (χ4n) is 2.95. The highest BCUT2D eigenvalue weighted by molar-refractivity contribution is 7.89. The van der Waals surface area contributed by atoms with E-state index in [4.69, 9.17) is 5.73 Å². The molecule has 1 saturated carbocycles. The molecule has 0 spiro atoms. The molecular weight excluding hydrogens is 317 g/mol. The van der Waals surface area contributed by atoms with Gasteiger partial charge in [0.25, 0.3) is 0 Å². The molecule has 124 valence electrons. The Kier molecular flexibility index (Phi) is 4.84. The van der Waals surface area contributed by atoms with Gasteiger partial charge in [-0.1, -0.05) is 19.8 Å². The van der Waals surface area contributed by atoms with Crippen molar-refractivity contribution in [3.05, 3.63) is 29.6 Å². The summed E-state index contributed by atoms with van der Waals surface area (Å²) >= 11 is 0. The van der Waals surface area contributed by atoms with E-state index in [1.165, 1.54) is 0 Å². The molecule has 0 amide bonds. The first-order valence-electron chi connectivity index (χ1n) is 7.11. The molecule has 0 radical (unpaired) electrons. The first kappa shape index (κ1) is 17.2. The number of rotatable bonds is 4. The van der Waals surface area contributed by atoms with Crippen LogP contribution in [-0.4, -0.2) is 20.5 Å². The van der Waals surface area contributed by atoms with Gasteiger partial charge in [-0.2, -0.15) is 0 Å². The first-order chi connectivity index (χ1) is 10.2. The molecule has 1 fully saturated rings. The highest BCUT2D eigenvalue weighted by Gasteiger charge is 2.41. The number of nitrogens with two attached hydrogens (primary N) is 1. The lowest BCUT2D eigenvalue weighted by Crippen LogP contribution is -2.59. The van der Waals surface area contributed by atoms with Crippen molar-refractivity contribution >= 4 is 10.0 Å². The second-order valence-electron chi connectivity index (χ2n) is 5.79. The van der Waals surface area contributed by atoms with E-state index in [0.29, 0.717) is 18.6 Å². The van der Waals surface area contributed by atoms with Crippen LogP contribution in [0.4, 0.5) is 13.2 Å². The highest BCUT2D eigenvalue weighted by Crippen LogP contribution is 2.34. The monoisotopic (exact) mass is 336 g/mol. The van der Waals surface area contributed by atoms with E-state index in [9.17, 15) is 21.6 Å². The van der Waals surface area contributed by atoms with E-state index in [1.54, 1.807) is 0 Å². The molecule has 0 saturated heterocycles. The van der Waals surface area contributed by atoms with Crippen LogP contribution in [0.3, 0.4) is 0 Å². The predicted octanol–water partition coefficient (Wildman–Crippen LogP) is 2.29. The fraction of sp³-hybridized carbons (Fsp3) is 0.571. The third-order valence-electron chi connectivity index (χ3n) is 4.44. The average Bonchev–Trinajstić information content (AvgIpc) is 2.47. The molecule has 22 heavy (non-hydrogen) atoms. The number of sulfonamides is 1. The molecule has 0 aliphatic heterocycles. The summed E-state index contributed by atoms with van der Waals surface area (Å²) in [7, 11) is -4.34. The maximum atomic E-state index is 13.8. The van der Waals surface area contributed by atoms with Crippen molar-refractivity contribution in [2.45, 2.75) is 43.0 Å². The largest absolute Gasteiger partial charge is 0.329 e. The Morgan fingerprint density at radius 1 is 1.27 bits per heavy atom. The minimum Gasteiger partial charge on any atom is -0.329 e. The van der Waals surface area contributed by atoms with Crippen LogP contribution in [0.5, 0.6) is 0 Å². The van der Waals surface area contributed by atoms with Crippen LogP contribution in [0.1, 0.15) is 32.6 Å². The lowest BCUT2D eigenvalue weighted by atomic mass is 9.74. The predicted molar refractivity (Wildman–Crippen MR) is 76.1 cm³/mol. The van der Waals surface area contributed by atoms with Crippen LogP contribution in [0.2, 0.25) is 0 Å². The van der Waals surface area contributed by atoms with Gasteiger partial charge in [0.15, 0.2) is 17.5 Å². The number of halogens is 3. The van der Waals surface area contributed by atoms with E-state index < -0.39 is 37.9 Å². The summed E-state index contributed by atoms with van der Waals surface area (Å²) in [6.07, 6.45) is 3.07. The molecule has 2 unspecified atom stereocenters. The third-order valence-corrected chi connectivity index (χ3v) is 6.01. The van der Waals surface area contributed by atoms with Crippen LogP contribution in [-0.2, 0) is 10.0 Å². The number of nitrogens with one attached hydrogen (secondary N) is 1. The topological polar surface area (TPSA) is 72.2 Å². The van der Waals surface area contributed by atoms with Gasteiger partial charge in [-0.3, -0.25) is 0 Å². The second kappa shape index (κ2) is 6.17. The Bertz CT molecular complexity index is 666. The first-order valence-corrected chi connectivity index (χ1v) is 8.59. The zero-order valence-corrected chi connectivity index (χ0v) is 13.0. The van der Waals surface area contributed by atoms with Crippen molar-refractivity contribution in [2.24, 2.45) is 11.7 Å². The van der Waals surface area contributed by atoms with E-state index >= 15 is 0 Å². The molecule has 1 aliphatic carbocycles. The van der Waals surface area contributed by atoms with E-state index in [2.05, 4.69) is 4.72 Å². The van der Waals surface area contributed by atoms with Crippen molar-refractivity contribution < 1.29 is 21.6 Å². The number of hydrogen-bond acceptors (Lipinski definition) is 3. The Hall–Kier alpha value is -1.12. The van der Waals surface area contributed by atoms with Gasteiger partial charge in [-0.15, -0.1) is 0 Å². The fourth-order valence-corrected chi connectivity index (χ4v) is 4.55. The van der Waals surface area contributed by atoms with E-state index in [1.807, 2.05) is 6.92 Å². The SMILES string of the molecule is CC1CCCCC1(CN)NS(=O)(=O)c1ccc(F)c(F)c1F. The Morgan fingerprint density at radius 2 is 1.95 bits per heavy atom. The standard InChI is InChI=1S/C14H19F3N2O2S/c1-9-4-2-3-7-14(9,8-18)19-22(20,21)11-6-5-10(15)12(16)13(11)17/h5-6,9,19H,2-4,7-8,18H2,1H3. The van der Waals surface area contributed by atoms with Crippen LogP contribution >= 0.6 is 0 Å². The van der Waals surface area contributed by atoms with Crippen LogP contribution in [0.25, 0.3) is 0 Å². The maximum absolute atomic E-state index is 13.8. The van der Waals surface area contributed by atoms with Gasteiger partial charge in [-0.25, -0.2) is 26.3 Å². The molecule has 4 nitrogen and oxygen atoms in total. The van der Waals surface area contributed by atoms with Gasteiger partial charge < -0.3 is 5.73 Å². The van der Waals surface area contributed by atoms with Gasteiger partial charge in [0.05, 0.1) is 0 Å². The molecule has 1 aliphatic rings. The van der Waals surface area contributed by atoms with Crippen molar-refractivity contribution in [1.29, 1.82) is 0 Å². The highest BCUT2D eigenvalue weighted by atomic mass is 32.2. The summed E-state index contributed by atoms with van der Waals surface area (Å²) < 4.78 is 67.2. The molecule has 0 heterocycles. The van der Waals surface area contributed by atoms with Gasteiger partial charge in [-0.05, 0) is 30.9 Å². The molecule has 3 N–H and O–H groups in total. The Morgan fingerprint density at radius 3 is 2.55 bits per heavy atom. The summed E-state index contributed by atoms with van der Waals surface area (Å²) in [5, 5.41) is 0. The molecular formula is C14H19F3N2O2S. The second-order valence-corrected chi connectivity index (χ2v) is 7.44. The summed E-state index contributed by atoms with van der Waals surface area (Å²) in [4.78, 5) is -0.906. The molecule has 2 rings (SSSR count). The van der Waals surface area contributed by atoms with E-state index in [-0.39, 0.29) is 12.5 Å². The molecule has 0 aromatic heterocycles. The summed E-state index contributed by atoms with van der Waals surface area (Å²) in [5.74, 6) is -4.99. The van der Waals surface area contributed by atoms with Gasteiger partial charge in [0, 0.05) is 12.1 Å². The minimum absolute atomic E-state index is 0.0330. The summed E-state index contributed by atoms with van der Waals surface area (Å²) in [6.45, 7) is 1.93. The van der Waals surface area contributed by atoms with E-state index in [0.717, 1.165) is 19.3 Å². The van der Waals surface area contributed by atoms with Crippen LogP contribution in [0.15, 0.2) is 17.0 Å². The summed E-state index contributed by atoms with van der Waals surface area (Å²) in [6, 6.07) is 1.31. The quantitative estimate of drug-likeness (QED) is 0.829. The lowest BCUT2D eigenvalue weighted by Gasteiger charge is -2.42. The van der Waals surface area contributed by atoms with Crippen molar-refractivity contribution in [1.82, 2.24) is 4.72 Å². The van der Waals surface area contributed by atoms with Gasteiger partial charge >= 0.3 is 0 Å². The Labute approximate surface area is 127 Å². The zero-order chi connectivity index (χ0) is 16.5. The maximum Gasteiger partial charge on any atom is 0.244 e. The van der Waals surface area contributed by atoms with Crippen molar-refractivity contribution in [3.63, 3.8) is 0 Å². The number of hydrogen-bond donors (Lipinski definition) is 2. The van der Waals surface area contributed by atoms with Gasteiger partial charge in [0.1, 0.15) is 4.90 Å². The molecule has 2 atom stereocenters. The molecule has 1 aromatic rings. The normalized spacial score (nSPS) is 26.1. The van der Waals surface area contributed by atoms with Crippen molar-refractivity contribution in [3.8, 4) is 0 Å². The molecule has 0 bridgehead atoms. The number of benzene rings is 1. The third kappa shape index (κ3) is 3.00. The average molecular weight is 336 g/mol. The van der Waals surface area contributed by atoms with Crippen LogP contribution < -0.4 is 10.5 Å².